The number of hydrogen-bond donors (Lipinski definition) is 1. The van der Waals surface area contributed by atoms with E-state index in [-0.39, 0.29) is 11.7 Å². The van der Waals surface area contributed by atoms with Crippen molar-refractivity contribution in [2.24, 2.45) is 0 Å². The number of rotatable bonds is 4. The van der Waals surface area contributed by atoms with E-state index < -0.39 is 0 Å². The van der Waals surface area contributed by atoms with E-state index in [1.54, 1.807) is 24.3 Å². The Labute approximate surface area is 93.4 Å². The minimum atomic E-state index is -0.248. The van der Waals surface area contributed by atoms with Crippen LogP contribution in [0, 0.1) is 0 Å². The highest BCUT2D eigenvalue weighted by Gasteiger charge is 2.08. The van der Waals surface area contributed by atoms with Crippen molar-refractivity contribution in [1.82, 2.24) is 5.32 Å². The smallest absolute Gasteiger partial charge is 0.252 e. The molecular formula is C11H12ClNO2. The van der Waals surface area contributed by atoms with Crippen LogP contribution < -0.4 is 5.32 Å². The maximum absolute atomic E-state index is 11.5. The third-order valence-corrected chi connectivity index (χ3v) is 2.21. The largest absolute Gasteiger partial charge is 0.352 e. The van der Waals surface area contributed by atoms with E-state index in [4.69, 9.17) is 11.6 Å². The predicted octanol–water partition coefficient (Wildman–Crippen LogP) is 2.05. The van der Waals surface area contributed by atoms with E-state index in [0.29, 0.717) is 23.6 Å². The van der Waals surface area contributed by atoms with Gasteiger partial charge in [-0.2, -0.15) is 0 Å². The number of carbonyl (C=O) groups excluding carboxylic acids is 2. The average Bonchev–Trinajstić information content (AvgIpc) is 2.17. The van der Waals surface area contributed by atoms with Crippen molar-refractivity contribution in [1.29, 1.82) is 0 Å². The van der Waals surface area contributed by atoms with Crippen LogP contribution in [0.3, 0.4) is 0 Å². The highest BCUT2D eigenvalue weighted by molar-refractivity contribution is 6.33. The highest BCUT2D eigenvalue weighted by Crippen LogP contribution is 2.14. The van der Waals surface area contributed by atoms with Gasteiger partial charge in [0.05, 0.1) is 10.6 Å². The first kappa shape index (κ1) is 11.7. The summed E-state index contributed by atoms with van der Waals surface area (Å²) in [7, 11) is 0. The van der Waals surface area contributed by atoms with Crippen LogP contribution in [-0.2, 0) is 4.79 Å². The zero-order chi connectivity index (χ0) is 11.3. The molecule has 15 heavy (non-hydrogen) atoms. The normalized spacial score (nSPS) is 9.73. The quantitative estimate of drug-likeness (QED) is 0.853. The molecule has 0 aliphatic heterocycles. The number of halogens is 1. The van der Waals surface area contributed by atoms with Gasteiger partial charge in [-0.3, -0.25) is 9.59 Å². The molecule has 0 radical (unpaired) electrons. The van der Waals surface area contributed by atoms with Crippen molar-refractivity contribution in [2.75, 3.05) is 6.54 Å². The fourth-order valence-electron chi connectivity index (χ4n) is 1.09. The molecule has 0 aromatic heterocycles. The number of carbonyl (C=O) groups is 2. The maximum Gasteiger partial charge on any atom is 0.252 e. The predicted molar refractivity (Wildman–Crippen MR) is 59.1 cm³/mol. The van der Waals surface area contributed by atoms with Gasteiger partial charge in [-0.1, -0.05) is 23.7 Å². The van der Waals surface area contributed by atoms with Gasteiger partial charge in [-0.15, -0.1) is 0 Å². The number of Topliss-reactive ketones (excluding diaryl/α,β-unsaturated/α-hetero) is 1. The van der Waals surface area contributed by atoms with Gasteiger partial charge in [-0.25, -0.2) is 0 Å². The zero-order valence-corrected chi connectivity index (χ0v) is 9.17. The summed E-state index contributed by atoms with van der Waals surface area (Å²) in [6.45, 7) is 1.83. The minimum absolute atomic E-state index is 0.0504. The molecule has 1 amide bonds. The fraction of sp³-hybridized carbons (Fsp3) is 0.273. The van der Waals surface area contributed by atoms with Crippen molar-refractivity contribution < 1.29 is 9.59 Å². The van der Waals surface area contributed by atoms with Gasteiger partial charge in [-0.05, 0) is 19.1 Å². The standard InChI is InChI=1S/C11H12ClNO2/c1-8(14)6-7-13-11(15)9-4-2-3-5-10(9)12/h2-5H,6-7H2,1H3,(H,13,15). The summed E-state index contributed by atoms with van der Waals surface area (Å²) in [4.78, 5) is 22.2. The Morgan fingerprint density at radius 3 is 2.60 bits per heavy atom. The van der Waals surface area contributed by atoms with Crippen LogP contribution >= 0.6 is 11.6 Å². The lowest BCUT2D eigenvalue weighted by Gasteiger charge is -2.04. The molecule has 0 saturated carbocycles. The van der Waals surface area contributed by atoms with Gasteiger partial charge in [0.2, 0.25) is 0 Å². The van der Waals surface area contributed by atoms with Crippen LogP contribution in [-0.4, -0.2) is 18.2 Å². The van der Waals surface area contributed by atoms with Gasteiger partial charge in [0.15, 0.2) is 0 Å². The molecule has 0 spiro atoms. The van der Waals surface area contributed by atoms with Crippen molar-refractivity contribution in [3.05, 3.63) is 34.9 Å². The van der Waals surface area contributed by atoms with Crippen molar-refractivity contribution >= 4 is 23.3 Å². The van der Waals surface area contributed by atoms with Gasteiger partial charge >= 0.3 is 0 Å². The van der Waals surface area contributed by atoms with Gasteiger partial charge in [0, 0.05) is 13.0 Å². The Bertz CT molecular complexity index is 377. The summed E-state index contributed by atoms with van der Waals surface area (Å²) < 4.78 is 0. The summed E-state index contributed by atoms with van der Waals surface area (Å²) in [5, 5.41) is 3.04. The van der Waals surface area contributed by atoms with Crippen LogP contribution in [0.5, 0.6) is 0 Å². The van der Waals surface area contributed by atoms with Gasteiger partial charge in [0.25, 0.3) is 5.91 Å². The summed E-state index contributed by atoms with van der Waals surface area (Å²) >= 11 is 5.83. The number of nitrogens with one attached hydrogen (secondary N) is 1. The second-order valence-corrected chi connectivity index (χ2v) is 3.59. The van der Waals surface area contributed by atoms with Crippen LogP contribution in [0.1, 0.15) is 23.7 Å². The molecule has 3 nitrogen and oxygen atoms in total. The molecule has 4 heteroatoms. The minimum Gasteiger partial charge on any atom is -0.352 e. The van der Waals surface area contributed by atoms with Gasteiger partial charge < -0.3 is 5.32 Å². The Morgan fingerprint density at radius 2 is 2.00 bits per heavy atom. The zero-order valence-electron chi connectivity index (χ0n) is 8.42. The molecule has 0 unspecified atom stereocenters. The Morgan fingerprint density at radius 1 is 1.33 bits per heavy atom. The molecule has 1 rings (SSSR count). The van der Waals surface area contributed by atoms with E-state index in [1.807, 2.05) is 0 Å². The molecular weight excluding hydrogens is 214 g/mol. The summed E-state index contributed by atoms with van der Waals surface area (Å²) in [6.07, 6.45) is 0.343. The molecule has 0 fully saturated rings. The van der Waals surface area contributed by atoms with Crippen LogP contribution in [0.2, 0.25) is 5.02 Å². The number of amides is 1. The lowest BCUT2D eigenvalue weighted by atomic mass is 10.2. The maximum atomic E-state index is 11.5. The first-order valence-corrected chi connectivity index (χ1v) is 5.01. The average molecular weight is 226 g/mol. The molecule has 0 aliphatic carbocycles. The molecule has 0 aliphatic rings. The van der Waals surface area contributed by atoms with E-state index in [1.165, 1.54) is 6.92 Å². The third kappa shape index (κ3) is 3.72. The Kier molecular flexibility index (Phi) is 4.31. The fourth-order valence-corrected chi connectivity index (χ4v) is 1.31. The molecule has 0 bridgehead atoms. The first-order valence-electron chi connectivity index (χ1n) is 4.63. The Balaban J connectivity index is 2.54. The van der Waals surface area contributed by atoms with E-state index in [2.05, 4.69) is 5.32 Å². The van der Waals surface area contributed by atoms with E-state index >= 15 is 0 Å². The van der Waals surface area contributed by atoms with Crippen molar-refractivity contribution in [3.8, 4) is 0 Å². The Hall–Kier alpha value is -1.35. The topological polar surface area (TPSA) is 46.2 Å². The lowest BCUT2D eigenvalue weighted by Crippen LogP contribution is -2.25. The molecule has 0 saturated heterocycles. The first-order chi connectivity index (χ1) is 7.11. The summed E-state index contributed by atoms with van der Waals surface area (Å²) in [6, 6.07) is 6.80. The summed E-state index contributed by atoms with van der Waals surface area (Å²) in [5.41, 5.74) is 0.433. The number of hydrogen-bond acceptors (Lipinski definition) is 2. The van der Waals surface area contributed by atoms with E-state index in [0.717, 1.165) is 0 Å². The third-order valence-electron chi connectivity index (χ3n) is 1.88. The van der Waals surface area contributed by atoms with E-state index in [9.17, 15) is 9.59 Å². The number of ketones is 1. The second kappa shape index (κ2) is 5.51. The van der Waals surface area contributed by atoms with Gasteiger partial charge in [0.1, 0.15) is 5.78 Å². The van der Waals surface area contributed by atoms with Crippen molar-refractivity contribution in [3.63, 3.8) is 0 Å². The second-order valence-electron chi connectivity index (χ2n) is 3.19. The molecule has 1 aromatic rings. The van der Waals surface area contributed by atoms with Crippen molar-refractivity contribution in [2.45, 2.75) is 13.3 Å². The monoisotopic (exact) mass is 225 g/mol. The summed E-state index contributed by atoms with van der Waals surface area (Å²) in [5.74, 6) is -0.198. The molecule has 80 valence electrons. The SMILES string of the molecule is CC(=O)CCNC(=O)c1ccccc1Cl. The molecule has 1 aromatic carbocycles. The van der Waals surface area contributed by atoms with Crippen LogP contribution in [0.25, 0.3) is 0 Å². The number of benzene rings is 1. The molecule has 0 atom stereocenters. The molecule has 0 heterocycles. The van der Waals surface area contributed by atoms with Crippen LogP contribution in [0.15, 0.2) is 24.3 Å². The van der Waals surface area contributed by atoms with Crippen LogP contribution in [0.4, 0.5) is 0 Å². The lowest BCUT2D eigenvalue weighted by molar-refractivity contribution is -0.116. The molecule has 1 N–H and O–H groups in total. The highest BCUT2D eigenvalue weighted by atomic mass is 35.5.